The molecule has 6 heteroatoms. The first-order valence-electron chi connectivity index (χ1n) is 6.19. The lowest BCUT2D eigenvalue weighted by Gasteiger charge is -2.32. The number of aliphatic carboxylic acids is 1. The first-order valence-corrected chi connectivity index (χ1v) is 6.57. The van der Waals surface area contributed by atoms with Crippen LogP contribution in [0.4, 0.5) is 0 Å². The summed E-state index contributed by atoms with van der Waals surface area (Å²) in [6.07, 6.45) is 3.30. The number of rotatable bonds is 3. The number of carbonyl (C=O) groups excluding carboxylic acids is 1. The molecule has 5 nitrogen and oxygen atoms in total. The molecule has 1 amide bonds. The van der Waals surface area contributed by atoms with Crippen molar-refractivity contribution in [1.82, 2.24) is 9.88 Å². The molecule has 0 aromatic carbocycles. The van der Waals surface area contributed by atoms with Crippen LogP contribution in [0.5, 0.6) is 0 Å². The molecule has 1 unspecified atom stereocenters. The van der Waals surface area contributed by atoms with Gasteiger partial charge in [-0.25, -0.2) is 4.98 Å². The maximum absolute atomic E-state index is 12.3. The van der Waals surface area contributed by atoms with Crippen LogP contribution in [0.1, 0.15) is 29.6 Å². The predicted octanol–water partition coefficient (Wildman–Crippen LogP) is 2.06. The van der Waals surface area contributed by atoms with Gasteiger partial charge in [-0.3, -0.25) is 9.59 Å². The third kappa shape index (κ3) is 3.44. The molecule has 0 aliphatic carbocycles. The van der Waals surface area contributed by atoms with Gasteiger partial charge in [-0.2, -0.15) is 0 Å². The van der Waals surface area contributed by atoms with E-state index in [1.165, 1.54) is 6.20 Å². The number of likely N-dealkylation sites (tertiary alicyclic amines) is 1. The molecular weight excluding hydrogens is 268 g/mol. The second-order valence-corrected chi connectivity index (χ2v) is 5.06. The average Bonchev–Trinajstić information content (AvgIpc) is 2.38. The fourth-order valence-corrected chi connectivity index (χ4v) is 2.58. The zero-order chi connectivity index (χ0) is 13.8. The molecule has 2 heterocycles. The zero-order valence-corrected chi connectivity index (χ0v) is 11.1. The van der Waals surface area contributed by atoms with Crippen molar-refractivity contribution in [2.24, 2.45) is 5.92 Å². The maximum Gasteiger partial charge on any atom is 0.303 e. The minimum atomic E-state index is -0.821. The molecule has 102 valence electrons. The van der Waals surface area contributed by atoms with Crippen molar-refractivity contribution in [3.8, 4) is 0 Å². The molecule has 0 bridgehead atoms. The summed E-state index contributed by atoms with van der Waals surface area (Å²) in [6.45, 7) is 1.11. The van der Waals surface area contributed by atoms with Crippen molar-refractivity contribution >= 4 is 23.5 Å². The van der Waals surface area contributed by atoms with Gasteiger partial charge in [0.05, 0.1) is 5.56 Å². The van der Waals surface area contributed by atoms with Crippen LogP contribution in [0.2, 0.25) is 5.15 Å². The molecule has 1 atom stereocenters. The summed E-state index contributed by atoms with van der Waals surface area (Å²) in [5, 5.41) is 9.01. The van der Waals surface area contributed by atoms with Crippen LogP contribution in [0, 0.1) is 5.92 Å². The fourth-order valence-electron chi connectivity index (χ4n) is 2.38. The molecule has 1 aliphatic rings. The van der Waals surface area contributed by atoms with Crippen LogP contribution in [0.25, 0.3) is 0 Å². The fraction of sp³-hybridized carbons (Fsp3) is 0.462. The quantitative estimate of drug-likeness (QED) is 0.862. The summed E-state index contributed by atoms with van der Waals surface area (Å²) in [6, 6.07) is 3.30. The number of pyridine rings is 1. The normalized spacial score (nSPS) is 19.2. The van der Waals surface area contributed by atoms with Gasteiger partial charge in [0, 0.05) is 25.7 Å². The molecule has 1 aromatic heterocycles. The lowest BCUT2D eigenvalue weighted by molar-refractivity contribution is -0.138. The van der Waals surface area contributed by atoms with Crippen LogP contribution >= 0.6 is 11.6 Å². The number of carbonyl (C=O) groups is 2. The second kappa shape index (κ2) is 6.02. The van der Waals surface area contributed by atoms with Gasteiger partial charge in [0.1, 0.15) is 5.15 Å². The average molecular weight is 283 g/mol. The SMILES string of the molecule is O=C(O)CC1CCCN(C(=O)c2cccnc2Cl)C1. The van der Waals surface area contributed by atoms with Gasteiger partial charge < -0.3 is 10.0 Å². The van der Waals surface area contributed by atoms with Gasteiger partial charge in [0.25, 0.3) is 5.91 Å². The molecule has 1 fully saturated rings. The summed E-state index contributed by atoms with van der Waals surface area (Å²) < 4.78 is 0. The molecule has 19 heavy (non-hydrogen) atoms. The molecule has 0 radical (unpaired) electrons. The van der Waals surface area contributed by atoms with Gasteiger partial charge in [-0.05, 0) is 30.9 Å². The number of carboxylic acids is 1. The van der Waals surface area contributed by atoms with E-state index in [4.69, 9.17) is 16.7 Å². The van der Waals surface area contributed by atoms with E-state index in [1.54, 1.807) is 17.0 Å². The molecule has 1 N–H and O–H groups in total. The number of piperidine rings is 1. The van der Waals surface area contributed by atoms with Crippen LogP contribution in [0.15, 0.2) is 18.3 Å². The summed E-state index contributed by atoms with van der Waals surface area (Å²) in [5.41, 5.74) is 0.375. The van der Waals surface area contributed by atoms with E-state index in [0.29, 0.717) is 18.7 Å². The van der Waals surface area contributed by atoms with Gasteiger partial charge in [0.15, 0.2) is 0 Å². The third-order valence-corrected chi connectivity index (χ3v) is 3.56. The van der Waals surface area contributed by atoms with Crippen molar-refractivity contribution in [2.45, 2.75) is 19.3 Å². The van der Waals surface area contributed by atoms with E-state index in [-0.39, 0.29) is 23.4 Å². The Balaban J connectivity index is 2.07. The number of carboxylic acid groups (broad SMARTS) is 1. The lowest BCUT2D eigenvalue weighted by Crippen LogP contribution is -2.40. The topological polar surface area (TPSA) is 70.5 Å². The predicted molar refractivity (Wildman–Crippen MR) is 70.1 cm³/mol. The highest BCUT2D eigenvalue weighted by molar-refractivity contribution is 6.32. The first kappa shape index (κ1) is 13.8. The minimum Gasteiger partial charge on any atom is -0.481 e. The molecule has 2 rings (SSSR count). The van der Waals surface area contributed by atoms with Gasteiger partial charge >= 0.3 is 5.97 Å². The number of hydrogen-bond acceptors (Lipinski definition) is 3. The number of amides is 1. The number of hydrogen-bond donors (Lipinski definition) is 1. The van der Waals surface area contributed by atoms with E-state index < -0.39 is 5.97 Å². The Bertz CT molecular complexity index is 493. The number of nitrogens with zero attached hydrogens (tertiary/aromatic N) is 2. The van der Waals surface area contributed by atoms with Crippen LogP contribution in [-0.2, 0) is 4.79 Å². The standard InChI is InChI=1S/C13H15ClN2O3/c14-12-10(4-1-5-15-12)13(19)16-6-2-3-9(8-16)7-11(17)18/h1,4-5,9H,2-3,6-8H2,(H,17,18). The van der Waals surface area contributed by atoms with Crippen LogP contribution in [0.3, 0.4) is 0 Å². The van der Waals surface area contributed by atoms with Gasteiger partial charge in [0.2, 0.25) is 0 Å². The Hall–Kier alpha value is -1.62. The first-order chi connectivity index (χ1) is 9.08. The van der Waals surface area contributed by atoms with E-state index >= 15 is 0 Å². The summed E-state index contributed by atoms with van der Waals surface area (Å²) in [4.78, 5) is 28.6. The van der Waals surface area contributed by atoms with Crippen molar-refractivity contribution in [3.05, 3.63) is 29.0 Å². The Kier molecular flexibility index (Phi) is 4.37. The second-order valence-electron chi connectivity index (χ2n) is 4.70. The zero-order valence-electron chi connectivity index (χ0n) is 10.4. The Morgan fingerprint density at radius 2 is 2.32 bits per heavy atom. The van der Waals surface area contributed by atoms with E-state index in [9.17, 15) is 9.59 Å². The lowest BCUT2D eigenvalue weighted by atomic mass is 9.94. The summed E-state index contributed by atoms with van der Waals surface area (Å²) in [7, 11) is 0. The van der Waals surface area contributed by atoms with Crippen LogP contribution < -0.4 is 0 Å². The van der Waals surface area contributed by atoms with Gasteiger partial charge in [-0.15, -0.1) is 0 Å². The molecular formula is C13H15ClN2O3. The molecule has 0 spiro atoms. The highest BCUT2D eigenvalue weighted by atomic mass is 35.5. The Morgan fingerprint density at radius 1 is 1.53 bits per heavy atom. The molecule has 1 saturated heterocycles. The maximum atomic E-state index is 12.3. The largest absolute Gasteiger partial charge is 0.481 e. The van der Waals surface area contributed by atoms with E-state index in [2.05, 4.69) is 4.98 Å². The number of aromatic nitrogens is 1. The smallest absolute Gasteiger partial charge is 0.303 e. The highest BCUT2D eigenvalue weighted by Crippen LogP contribution is 2.22. The molecule has 0 saturated carbocycles. The van der Waals surface area contributed by atoms with Gasteiger partial charge in [-0.1, -0.05) is 11.6 Å². The van der Waals surface area contributed by atoms with Crippen molar-refractivity contribution < 1.29 is 14.7 Å². The van der Waals surface area contributed by atoms with E-state index in [1.807, 2.05) is 0 Å². The third-order valence-electron chi connectivity index (χ3n) is 3.26. The highest BCUT2D eigenvalue weighted by Gasteiger charge is 2.26. The van der Waals surface area contributed by atoms with E-state index in [0.717, 1.165) is 12.8 Å². The Labute approximate surface area is 116 Å². The monoisotopic (exact) mass is 282 g/mol. The Morgan fingerprint density at radius 3 is 3.00 bits per heavy atom. The van der Waals surface area contributed by atoms with Crippen LogP contribution in [-0.4, -0.2) is 40.0 Å². The summed E-state index contributed by atoms with van der Waals surface area (Å²) >= 11 is 5.91. The molecule has 1 aliphatic heterocycles. The molecule has 1 aromatic rings. The van der Waals surface area contributed by atoms with Crippen molar-refractivity contribution in [1.29, 1.82) is 0 Å². The van der Waals surface area contributed by atoms with Crippen molar-refractivity contribution in [2.75, 3.05) is 13.1 Å². The summed E-state index contributed by atoms with van der Waals surface area (Å²) in [5.74, 6) is -0.974. The minimum absolute atomic E-state index is 0.0191. The van der Waals surface area contributed by atoms with Crippen molar-refractivity contribution in [3.63, 3.8) is 0 Å². The number of halogens is 1.